The summed E-state index contributed by atoms with van der Waals surface area (Å²) in [5.41, 5.74) is 8.22. The van der Waals surface area contributed by atoms with E-state index in [1.807, 2.05) is 41.2 Å². The zero-order valence-corrected chi connectivity index (χ0v) is 11.0. The van der Waals surface area contributed by atoms with Crippen LogP contribution in [0.2, 0.25) is 0 Å². The van der Waals surface area contributed by atoms with Gasteiger partial charge in [-0.25, -0.2) is 4.68 Å². The van der Waals surface area contributed by atoms with Gasteiger partial charge >= 0.3 is 0 Å². The van der Waals surface area contributed by atoms with Gasteiger partial charge in [0.05, 0.1) is 17.6 Å². The van der Waals surface area contributed by atoms with E-state index in [0.29, 0.717) is 5.92 Å². The standard InChI is InChI=1S/C14H20N4/c1-11(2)14(15)9-8-13-10-16-17-18(13)12-6-4-3-5-7-12/h3-7,10-11,14H,8-9,15H2,1-2H3. The smallest absolute Gasteiger partial charge is 0.0729 e. The van der Waals surface area contributed by atoms with Crippen LogP contribution in [-0.2, 0) is 6.42 Å². The minimum Gasteiger partial charge on any atom is -0.327 e. The highest BCUT2D eigenvalue weighted by Gasteiger charge is 2.11. The van der Waals surface area contributed by atoms with Gasteiger partial charge in [-0.05, 0) is 30.9 Å². The molecule has 0 spiro atoms. The molecule has 0 aliphatic heterocycles. The summed E-state index contributed by atoms with van der Waals surface area (Å²) < 4.78 is 1.88. The predicted molar refractivity (Wildman–Crippen MR) is 72.5 cm³/mol. The van der Waals surface area contributed by atoms with Crippen LogP contribution in [-0.4, -0.2) is 21.0 Å². The lowest BCUT2D eigenvalue weighted by atomic mass is 9.99. The van der Waals surface area contributed by atoms with Crippen LogP contribution in [0.25, 0.3) is 5.69 Å². The quantitative estimate of drug-likeness (QED) is 0.877. The van der Waals surface area contributed by atoms with E-state index in [0.717, 1.165) is 24.2 Å². The van der Waals surface area contributed by atoms with Crippen LogP contribution in [0.15, 0.2) is 36.5 Å². The van der Waals surface area contributed by atoms with Crippen LogP contribution in [0, 0.1) is 5.92 Å². The topological polar surface area (TPSA) is 56.7 Å². The normalized spacial score (nSPS) is 12.9. The lowest BCUT2D eigenvalue weighted by Crippen LogP contribution is -2.27. The van der Waals surface area contributed by atoms with E-state index in [2.05, 4.69) is 24.2 Å². The Hall–Kier alpha value is -1.68. The Kier molecular flexibility index (Phi) is 4.10. The molecule has 2 N–H and O–H groups in total. The number of aromatic nitrogens is 3. The van der Waals surface area contributed by atoms with Crippen molar-refractivity contribution in [2.75, 3.05) is 0 Å². The molecule has 96 valence electrons. The van der Waals surface area contributed by atoms with Crippen molar-refractivity contribution in [2.24, 2.45) is 11.7 Å². The second-order valence-electron chi connectivity index (χ2n) is 4.92. The van der Waals surface area contributed by atoms with E-state index >= 15 is 0 Å². The number of nitrogens with zero attached hydrogens (tertiary/aromatic N) is 3. The Bertz CT molecular complexity index is 476. The van der Waals surface area contributed by atoms with Gasteiger partial charge in [-0.15, -0.1) is 5.10 Å². The second kappa shape index (κ2) is 5.78. The fourth-order valence-corrected chi connectivity index (χ4v) is 1.86. The molecule has 1 unspecified atom stereocenters. The first-order chi connectivity index (χ1) is 8.68. The molecule has 2 rings (SSSR count). The summed E-state index contributed by atoms with van der Waals surface area (Å²) in [6.07, 6.45) is 3.68. The molecule has 18 heavy (non-hydrogen) atoms. The van der Waals surface area contributed by atoms with Gasteiger partial charge in [-0.3, -0.25) is 0 Å². The molecule has 1 heterocycles. The van der Waals surface area contributed by atoms with E-state index in [9.17, 15) is 0 Å². The maximum absolute atomic E-state index is 6.07. The molecule has 1 aromatic heterocycles. The predicted octanol–water partition coefficient (Wildman–Crippen LogP) is 2.18. The van der Waals surface area contributed by atoms with Gasteiger partial charge < -0.3 is 5.73 Å². The summed E-state index contributed by atoms with van der Waals surface area (Å²) >= 11 is 0. The molecule has 0 saturated carbocycles. The van der Waals surface area contributed by atoms with Crippen molar-refractivity contribution in [1.29, 1.82) is 0 Å². The van der Waals surface area contributed by atoms with Crippen LogP contribution in [0.3, 0.4) is 0 Å². The highest BCUT2D eigenvalue weighted by molar-refractivity contribution is 5.31. The van der Waals surface area contributed by atoms with Crippen molar-refractivity contribution in [3.63, 3.8) is 0 Å². The summed E-state index contributed by atoms with van der Waals surface area (Å²) in [6.45, 7) is 4.30. The maximum atomic E-state index is 6.07. The molecule has 0 bridgehead atoms. The van der Waals surface area contributed by atoms with E-state index in [-0.39, 0.29) is 6.04 Å². The Morgan fingerprint density at radius 3 is 2.61 bits per heavy atom. The van der Waals surface area contributed by atoms with E-state index in [1.54, 1.807) is 0 Å². The fraction of sp³-hybridized carbons (Fsp3) is 0.429. The molecule has 1 atom stereocenters. The molecule has 2 aromatic rings. The molecule has 0 aliphatic rings. The van der Waals surface area contributed by atoms with Crippen LogP contribution in [0.4, 0.5) is 0 Å². The molecular formula is C14H20N4. The minimum atomic E-state index is 0.226. The number of hydrogen-bond donors (Lipinski definition) is 1. The van der Waals surface area contributed by atoms with Gasteiger partial charge in [0.25, 0.3) is 0 Å². The van der Waals surface area contributed by atoms with Crippen molar-refractivity contribution < 1.29 is 0 Å². The number of rotatable bonds is 5. The monoisotopic (exact) mass is 244 g/mol. The molecule has 0 saturated heterocycles. The van der Waals surface area contributed by atoms with E-state index in [4.69, 9.17) is 5.73 Å². The van der Waals surface area contributed by atoms with Crippen molar-refractivity contribution >= 4 is 0 Å². The van der Waals surface area contributed by atoms with Gasteiger partial charge in [0.15, 0.2) is 0 Å². The first kappa shape index (κ1) is 12.8. The number of benzene rings is 1. The van der Waals surface area contributed by atoms with Crippen LogP contribution >= 0.6 is 0 Å². The number of aryl methyl sites for hydroxylation is 1. The second-order valence-corrected chi connectivity index (χ2v) is 4.92. The van der Waals surface area contributed by atoms with Gasteiger partial charge in [-0.1, -0.05) is 37.3 Å². The average Bonchev–Trinajstić information content (AvgIpc) is 2.85. The van der Waals surface area contributed by atoms with Gasteiger partial charge in [0.2, 0.25) is 0 Å². The van der Waals surface area contributed by atoms with Crippen molar-refractivity contribution in [3.05, 3.63) is 42.2 Å². The van der Waals surface area contributed by atoms with Crippen molar-refractivity contribution in [1.82, 2.24) is 15.0 Å². The molecule has 0 fully saturated rings. The number of para-hydroxylation sites is 1. The van der Waals surface area contributed by atoms with Crippen LogP contribution < -0.4 is 5.73 Å². The lowest BCUT2D eigenvalue weighted by Gasteiger charge is -2.15. The minimum absolute atomic E-state index is 0.226. The summed E-state index contributed by atoms with van der Waals surface area (Å²) in [6, 6.07) is 10.3. The van der Waals surface area contributed by atoms with E-state index in [1.165, 1.54) is 0 Å². The highest BCUT2D eigenvalue weighted by atomic mass is 15.4. The largest absolute Gasteiger partial charge is 0.327 e. The van der Waals surface area contributed by atoms with Crippen LogP contribution in [0.5, 0.6) is 0 Å². The SMILES string of the molecule is CC(C)C(N)CCc1cnnn1-c1ccccc1. The summed E-state index contributed by atoms with van der Waals surface area (Å²) in [5.74, 6) is 0.506. The third kappa shape index (κ3) is 2.96. The zero-order chi connectivity index (χ0) is 13.0. The Balaban J connectivity index is 2.09. The van der Waals surface area contributed by atoms with Crippen molar-refractivity contribution in [3.8, 4) is 5.69 Å². The Morgan fingerprint density at radius 2 is 1.94 bits per heavy atom. The first-order valence-corrected chi connectivity index (χ1v) is 6.39. The van der Waals surface area contributed by atoms with Gasteiger partial charge in [-0.2, -0.15) is 0 Å². The first-order valence-electron chi connectivity index (χ1n) is 6.39. The third-order valence-corrected chi connectivity index (χ3v) is 3.21. The average molecular weight is 244 g/mol. The van der Waals surface area contributed by atoms with E-state index < -0.39 is 0 Å². The van der Waals surface area contributed by atoms with Gasteiger partial charge in [0, 0.05) is 6.04 Å². The molecular weight excluding hydrogens is 224 g/mol. The Labute approximate surface area is 108 Å². The van der Waals surface area contributed by atoms with Crippen LogP contribution in [0.1, 0.15) is 26.0 Å². The number of nitrogens with two attached hydrogens (primary N) is 1. The summed E-state index contributed by atoms with van der Waals surface area (Å²) in [4.78, 5) is 0. The molecule has 1 aromatic carbocycles. The number of hydrogen-bond acceptors (Lipinski definition) is 3. The van der Waals surface area contributed by atoms with Gasteiger partial charge in [0.1, 0.15) is 0 Å². The zero-order valence-electron chi connectivity index (χ0n) is 11.0. The fourth-order valence-electron chi connectivity index (χ4n) is 1.86. The molecule has 4 heteroatoms. The maximum Gasteiger partial charge on any atom is 0.0729 e. The summed E-state index contributed by atoms with van der Waals surface area (Å²) in [5, 5.41) is 8.13. The molecule has 4 nitrogen and oxygen atoms in total. The molecule has 0 amide bonds. The molecule has 0 radical (unpaired) electrons. The third-order valence-electron chi connectivity index (χ3n) is 3.21. The molecule has 0 aliphatic carbocycles. The lowest BCUT2D eigenvalue weighted by molar-refractivity contribution is 0.460. The summed E-state index contributed by atoms with van der Waals surface area (Å²) in [7, 11) is 0. The Morgan fingerprint density at radius 1 is 1.22 bits per heavy atom. The highest BCUT2D eigenvalue weighted by Crippen LogP contribution is 2.12. The van der Waals surface area contributed by atoms with Crippen molar-refractivity contribution in [2.45, 2.75) is 32.7 Å².